The van der Waals surface area contributed by atoms with Crippen LogP contribution in [0.5, 0.6) is 0 Å². The van der Waals surface area contributed by atoms with Crippen molar-refractivity contribution >= 4 is 21.8 Å². The van der Waals surface area contributed by atoms with E-state index < -0.39 is 0 Å². The second-order valence-corrected chi connectivity index (χ2v) is 5.19. The van der Waals surface area contributed by atoms with Gasteiger partial charge in [0.2, 0.25) is 0 Å². The number of aromatic nitrogens is 3. The number of hydrogen-bond acceptors (Lipinski definition) is 3. The number of hydrogen-bond donors (Lipinski definition) is 2. The first-order valence-corrected chi connectivity index (χ1v) is 6.83. The molecule has 0 saturated carbocycles. The van der Waals surface area contributed by atoms with Crippen molar-refractivity contribution in [1.29, 1.82) is 0 Å². The van der Waals surface area contributed by atoms with Gasteiger partial charge in [-0.1, -0.05) is 0 Å². The van der Waals surface area contributed by atoms with Crippen molar-refractivity contribution in [2.45, 2.75) is 19.8 Å². The first-order valence-electron chi connectivity index (χ1n) is 6.04. The van der Waals surface area contributed by atoms with E-state index in [2.05, 4.69) is 36.4 Å². The summed E-state index contributed by atoms with van der Waals surface area (Å²) in [5.74, 6) is -0.0993. The highest BCUT2D eigenvalue weighted by Crippen LogP contribution is 2.09. The van der Waals surface area contributed by atoms with Crippen LogP contribution in [0.4, 0.5) is 0 Å². The van der Waals surface area contributed by atoms with E-state index in [-0.39, 0.29) is 5.91 Å². The van der Waals surface area contributed by atoms with Crippen molar-refractivity contribution in [3.05, 3.63) is 46.0 Å². The normalized spacial score (nSPS) is 10.4. The minimum absolute atomic E-state index is 0.0993. The zero-order valence-corrected chi connectivity index (χ0v) is 12.2. The van der Waals surface area contributed by atoms with Crippen molar-refractivity contribution in [3.63, 3.8) is 0 Å². The molecule has 2 heterocycles. The van der Waals surface area contributed by atoms with Crippen LogP contribution in [0.1, 0.15) is 28.0 Å². The third-order valence-electron chi connectivity index (χ3n) is 2.81. The Bertz CT molecular complexity index is 567. The number of H-pyrrole nitrogens is 1. The predicted molar refractivity (Wildman–Crippen MR) is 75.9 cm³/mol. The Morgan fingerprint density at radius 3 is 2.95 bits per heavy atom. The van der Waals surface area contributed by atoms with E-state index in [9.17, 15) is 4.79 Å². The summed E-state index contributed by atoms with van der Waals surface area (Å²) >= 11 is 3.29. The molecule has 2 rings (SSSR count). The highest BCUT2D eigenvalue weighted by molar-refractivity contribution is 9.10. The largest absolute Gasteiger partial charge is 0.352 e. The minimum atomic E-state index is -0.0993. The van der Waals surface area contributed by atoms with Crippen molar-refractivity contribution < 1.29 is 4.79 Å². The Labute approximate surface area is 120 Å². The number of aromatic amines is 1. The topological polar surface area (TPSA) is 70.7 Å². The summed E-state index contributed by atoms with van der Waals surface area (Å²) in [6, 6.07) is 1.75. The Balaban J connectivity index is 1.77. The maximum Gasteiger partial charge on any atom is 0.252 e. The number of carbonyl (C=O) groups excluding carboxylic acids is 1. The van der Waals surface area contributed by atoms with E-state index in [1.807, 2.05) is 13.1 Å². The minimum Gasteiger partial charge on any atom is -0.352 e. The summed E-state index contributed by atoms with van der Waals surface area (Å²) in [6.07, 6.45) is 6.82. The lowest BCUT2D eigenvalue weighted by Crippen LogP contribution is -2.24. The zero-order valence-electron chi connectivity index (χ0n) is 10.6. The first-order chi connectivity index (χ1) is 9.16. The Morgan fingerprint density at radius 2 is 2.26 bits per heavy atom. The lowest BCUT2D eigenvalue weighted by atomic mass is 10.1. The summed E-state index contributed by atoms with van der Waals surface area (Å²) in [7, 11) is 0. The molecule has 2 aromatic heterocycles. The van der Waals surface area contributed by atoms with Crippen molar-refractivity contribution in [3.8, 4) is 0 Å². The molecular weight excluding hydrogens is 308 g/mol. The molecule has 0 unspecified atom stereocenters. The molecular formula is C13H15BrN4O. The third-order valence-corrected chi connectivity index (χ3v) is 3.24. The monoisotopic (exact) mass is 322 g/mol. The molecule has 0 spiro atoms. The van der Waals surface area contributed by atoms with Crippen molar-refractivity contribution in [1.82, 2.24) is 20.5 Å². The molecule has 0 aliphatic heterocycles. The van der Waals surface area contributed by atoms with Gasteiger partial charge in [-0.05, 0) is 47.3 Å². The van der Waals surface area contributed by atoms with E-state index in [0.29, 0.717) is 12.1 Å². The van der Waals surface area contributed by atoms with Gasteiger partial charge < -0.3 is 5.32 Å². The van der Waals surface area contributed by atoms with Crippen molar-refractivity contribution in [2.75, 3.05) is 6.54 Å². The van der Waals surface area contributed by atoms with E-state index >= 15 is 0 Å². The molecule has 2 N–H and O–H groups in total. The summed E-state index contributed by atoms with van der Waals surface area (Å²) in [5.41, 5.74) is 2.84. The van der Waals surface area contributed by atoms with Crippen LogP contribution >= 0.6 is 15.9 Å². The van der Waals surface area contributed by atoms with Gasteiger partial charge in [-0.15, -0.1) is 0 Å². The average Bonchev–Trinajstić information content (AvgIpc) is 2.80. The smallest absolute Gasteiger partial charge is 0.252 e. The molecule has 2 aromatic rings. The molecule has 19 heavy (non-hydrogen) atoms. The van der Waals surface area contributed by atoms with Gasteiger partial charge in [-0.2, -0.15) is 5.10 Å². The van der Waals surface area contributed by atoms with Gasteiger partial charge in [-0.25, -0.2) is 0 Å². The molecule has 0 fully saturated rings. The fourth-order valence-electron chi connectivity index (χ4n) is 1.75. The summed E-state index contributed by atoms with van der Waals surface area (Å²) in [6.45, 7) is 2.63. The first kappa shape index (κ1) is 13.7. The van der Waals surface area contributed by atoms with Crippen LogP contribution in [-0.2, 0) is 6.42 Å². The predicted octanol–water partition coefficient (Wildman–Crippen LogP) is 2.24. The lowest BCUT2D eigenvalue weighted by molar-refractivity contribution is 0.0953. The summed E-state index contributed by atoms with van der Waals surface area (Å²) < 4.78 is 0.800. The quantitative estimate of drug-likeness (QED) is 0.829. The second-order valence-electron chi connectivity index (χ2n) is 4.27. The zero-order chi connectivity index (χ0) is 13.7. The number of amides is 1. The van der Waals surface area contributed by atoms with E-state index in [1.54, 1.807) is 18.5 Å². The standard InChI is InChI=1S/C13H15BrN4O/c1-9-10(7-17-18-9)3-2-4-16-13(19)11-5-12(14)8-15-6-11/h5-8H,2-4H2,1H3,(H,16,19)(H,17,18). The highest BCUT2D eigenvalue weighted by Gasteiger charge is 2.06. The Hall–Kier alpha value is -1.69. The Kier molecular flexibility index (Phi) is 4.68. The number of rotatable bonds is 5. The molecule has 0 bridgehead atoms. The molecule has 0 aliphatic rings. The molecule has 0 aliphatic carbocycles. The molecule has 100 valence electrons. The van der Waals surface area contributed by atoms with Gasteiger partial charge in [0.05, 0.1) is 11.8 Å². The van der Waals surface area contributed by atoms with E-state index in [4.69, 9.17) is 0 Å². The summed E-state index contributed by atoms with van der Waals surface area (Å²) in [4.78, 5) is 15.8. The third kappa shape index (κ3) is 3.89. The molecule has 0 atom stereocenters. The van der Waals surface area contributed by atoms with Crippen LogP contribution in [0, 0.1) is 6.92 Å². The van der Waals surface area contributed by atoms with Gasteiger partial charge in [0.1, 0.15) is 0 Å². The van der Waals surface area contributed by atoms with Gasteiger partial charge in [0, 0.05) is 29.1 Å². The summed E-state index contributed by atoms with van der Waals surface area (Å²) in [5, 5.41) is 9.74. The highest BCUT2D eigenvalue weighted by atomic mass is 79.9. The molecule has 1 amide bonds. The van der Waals surface area contributed by atoms with Crippen LogP contribution in [0.25, 0.3) is 0 Å². The van der Waals surface area contributed by atoms with Gasteiger partial charge in [0.25, 0.3) is 5.91 Å². The number of nitrogens with zero attached hydrogens (tertiary/aromatic N) is 2. The maximum absolute atomic E-state index is 11.8. The number of carbonyl (C=O) groups is 1. The number of pyridine rings is 1. The fraction of sp³-hybridized carbons (Fsp3) is 0.308. The fourth-order valence-corrected chi connectivity index (χ4v) is 2.11. The van der Waals surface area contributed by atoms with E-state index in [0.717, 1.165) is 23.0 Å². The van der Waals surface area contributed by atoms with Crippen LogP contribution in [0.15, 0.2) is 29.1 Å². The van der Waals surface area contributed by atoms with Gasteiger partial charge in [0.15, 0.2) is 0 Å². The van der Waals surface area contributed by atoms with Crippen LogP contribution < -0.4 is 5.32 Å². The maximum atomic E-state index is 11.8. The van der Waals surface area contributed by atoms with Crippen LogP contribution in [-0.4, -0.2) is 27.6 Å². The van der Waals surface area contributed by atoms with Gasteiger partial charge in [-0.3, -0.25) is 14.9 Å². The second kappa shape index (κ2) is 6.47. The lowest BCUT2D eigenvalue weighted by Gasteiger charge is -2.05. The number of nitrogens with one attached hydrogen (secondary N) is 2. The molecule has 0 saturated heterocycles. The molecule has 5 nitrogen and oxygen atoms in total. The molecule has 0 aromatic carbocycles. The van der Waals surface area contributed by atoms with Crippen LogP contribution in [0.3, 0.4) is 0 Å². The van der Waals surface area contributed by atoms with Crippen LogP contribution in [0.2, 0.25) is 0 Å². The van der Waals surface area contributed by atoms with E-state index in [1.165, 1.54) is 5.56 Å². The number of aryl methyl sites for hydroxylation is 2. The Morgan fingerprint density at radius 1 is 1.42 bits per heavy atom. The van der Waals surface area contributed by atoms with Gasteiger partial charge >= 0.3 is 0 Å². The number of halogens is 1. The average molecular weight is 323 g/mol. The SMILES string of the molecule is Cc1[nH]ncc1CCCNC(=O)c1cncc(Br)c1. The molecule has 6 heteroatoms. The van der Waals surface area contributed by atoms with Crippen molar-refractivity contribution in [2.24, 2.45) is 0 Å². The molecule has 0 radical (unpaired) electrons.